The quantitative estimate of drug-likeness (QED) is 0.783. The van der Waals surface area contributed by atoms with Crippen molar-refractivity contribution in [3.8, 4) is 0 Å². The Bertz CT molecular complexity index is 245. The number of carboxylic acid groups (broad SMARTS) is 1. The summed E-state index contributed by atoms with van der Waals surface area (Å²) >= 11 is 0. The van der Waals surface area contributed by atoms with Crippen molar-refractivity contribution >= 4 is 5.97 Å². The first-order chi connectivity index (χ1) is 6.94. The summed E-state index contributed by atoms with van der Waals surface area (Å²) < 4.78 is 75.6. The minimum absolute atomic E-state index is 0.376. The third-order valence-electron chi connectivity index (χ3n) is 1.55. The van der Waals surface area contributed by atoms with E-state index in [1.54, 1.807) is 0 Å². The Morgan fingerprint density at radius 1 is 1.19 bits per heavy atom. The molecule has 1 N–H and O–H groups in total. The predicted octanol–water partition coefficient (Wildman–Crippen LogP) is 2.36. The highest BCUT2D eigenvalue weighted by Crippen LogP contribution is 2.30. The van der Waals surface area contributed by atoms with Crippen LogP contribution in [-0.2, 0) is 9.53 Å². The summed E-state index contributed by atoms with van der Waals surface area (Å²) in [5.74, 6) is -1.89. The SMILES string of the molecule is CC(OC(CC(=O)O)C(F)(F)F)C(F)(F)F. The molecule has 0 bridgehead atoms. The molecular formula is C7H8F6O3. The minimum Gasteiger partial charge on any atom is -0.481 e. The summed E-state index contributed by atoms with van der Waals surface area (Å²) in [7, 11) is 0. The maximum Gasteiger partial charge on any atom is 0.415 e. The molecule has 0 saturated heterocycles. The number of carbonyl (C=O) groups is 1. The minimum atomic E-state index is -5.15. The summed E-state index contributed by atoms with van der Waals surface area (Å²) in [5.41, 5.74) is 0. The summed E-state index contributed by atoms with van der Waals surface area (Å²) in [6.07, 6.45) is -17.3. The molecule has 0 rings (SSSR count). The number of aliphatic carboxylic acids is 1. The maximum absolute atomic E-state index is 12.1. The van der Waals surface area contributed by atoms with Crippen LogP contribution in [0.2, 0.25) is 0 Å². The molecule has 16 heavy (non-hydrogen) atoms. The van der Waals surface area contributed by atoms with E-state index in [1.807, 2.05) is 0 Å². The molecule has 0 aromatic heterocycles. The van der Waals surface area contributed by atoms with Crippen LogP contribution >= 0.6 is 0 Å². The molecule has 0 radical (unpaired) electrons. The number of halogens is 6. The first-order valence-corrected chi connectivity index (χ1v) is 3.95. The van der Waals surface area contributed by atoms with Crippen molar-refractivity contribution in [2.24, 2.45) is 0 Å². The first-order valence-electron chi connectivity index (χ1n) is 3.95. The number of hydrogen-bond acceptors (Lipinski definition) is 2. The smallest absolute Gasteiger partial charge is 0.415 e. The number of rotatable bonds is 4. The Kier molecular flexibility index (Phi) is 4.59. The van der Waals surface area contributed by atoms with Crippen molar-refractivity contribution in [1.82, 2.24) is 0 Å². The molecule has 0 aliphatic carbocycles. The van der Waals surface area contributed by atoms with Gasteiger partial charge in [-0.1, -0.05) is 0 Å². The number of ether oxygens (including phenoxy) is 1. The lowest BCUT2D eigenvalue weighted by molar-refractivity contribution is -0.282. The lowest BCUT2D eigenvalue weighted by Crippen LogP contribution is -2.41. The van der Waals surface area contributed by atoms with Gasteiger partial charge in [-0.05, 0) is 6.92 Å². The van der Waals surface area contributed by atoms with E-state index in [1.165, 1.54) is 0 Å². The van der Waals surface area contributed by atoms with E-state index < -0.39 is 37.0 Å². The first kappa shape index (κ1) is 15.0. The molecule has 0 aliphatic rings. The third-order valence-corrected chi connectivity index (χ3v) is 1.55. The van der Waals surface area contributed by atoms with E-state index >= 15 is 0 Å². The highest BCUT2D eigenvalue weighted by molar-refractivity contribution is 5.67. The zero-order valence-electron chi connectivity index (χ0n) is 7.89. The fourth-order valence-corrected chi connectivity index (χ4v) is 0.723. The second kappa shape index (κ2) is 4.89. The highest BCUT2D eigenvalue weighted by Gasteiger charge is 2.47. The van der Waals surface area contributed by atoms with Crippen LogP contribution in [-0.4, -0.2) is 35.6 Å². The fraction of sp³-hybridized carbons (Fsp3) is 0.857. The Labute approximate surface area is 86.0 Å². The van der Waals surface area contributed by atoms with Crippen LogP contribution in [0.1, 0.15) is 13.3 Å². The van der Waals surface area contributed by atoms with Gasteiger partial charge < -0.3 is 9.84 Å². The molecule has 3 nitrogen and oxygen atoms in total. The lowest BCUT2D eigenvalue weighted by Gasteiger charge is -2.24. The molecule has 0 aromatic rings. The lowest BCUT2D eigenvalue weighted by atomic mass is 10.2. The molecule has 96 valence electrons. The van der Waals surface area contributed by atoms with Crippen LogP contribution in [0.5, 0.6) is 0 Å². The fourth-order valence-electron chi connectivity index (χ4n) is 0.723. The second-order valence-corrected chi connectivity index (χ2v) is 2.95. The van der Waals surface area contributed by atoms with Gasteiger partial charge >= 0.3 is 18.3 Å². The summed E-state index contributed by atoms with van der Waals surface area (Å²) in [5, 5.41) is 8.10. The molecule has 2 unspecified atom stereocenters. The van der Waals surface area contributed by atoms with Gasteiger partial charge in [0.25, 0.3) is 0 Å². The summed E-state index contributed by atoms with van der Waals surface area (Å²) in [6, 6.07) is 0. The van der Waals surface area contributed by atoms with Gasteiger partial charge in [-0.2, -0.15) is 26.3 Å². The second-order valence-electron chi connectivity index (χ2n) is 2.95. The van der Waals surface area contributed by atoms with Gasteiger partial charge in [-0.25, -0.2) is 0 Å². The van der Waals surface area contributed by atoms with Crippen LogP contribution in [0, 0.1) is 0 Å². The molecule has 0 fully saturated rings. The van der Waals surface area contributed by atoms with E-state index in [0.717, 1.165) is 0 Å². The van der Waals surface area contributed by atoms with Crippen LogP contribution in [0.4, 0.5) is 26.3 Å². The van der Waals surface area contributed by atoms with E-state index in [0.29, 0.717) is 6.92 Å². The van der Waals surface area contributed by atoms with Gasteiger partial charge in [-0.15, -0.1) is 0 Å². The molecule has 0 aliphatic heterocycles. The Balaban J connectivity index is 4.62. The monoisotopic (exact) mass is 254 g/mol. The molecule has 0 spiro atoms. The summed E-state index contributed by atoms with van der Waals surface area (Å²) in [6.45, 7) is 0.376. The van der Waals surface area contributed by atoms with Crippen molar-refractivity contribution in [3.63, 3.8) is 0 Å². The van der Waals surface area contributed by atoms with Gasteiger partial charge in [0.1, 0.15) is 0 Å². The molecule has 2 atom stereocenters. The average molecular weight is 254 g/mol. The molecule has 9 heteroatoms. The standard InChI is InChI=1S/C7H8F6O3/c1-3(6(8,9)10)16-4(2-5(14)15)7(11,12)13/h3-4H,2H2,1H3,(H,14,15). The molecule has 0 heterocycles. The predicted molar refractivity (Wildman–Crippen MR) is 38.7 cm³/mol. The molecule has 0 aromatic carbocycles. The van der Waals surface area contributed by atoms with Crippen molar-refractivity contribution in [2.45, 2.75) is 37.9 Å². The molecule has 0 saturated carbocycles. The number of alkyl halides is 6. The number of carboxylic acids is 1. The van der Waals surface area contributed by atoms with E-state index in [9.17, 15) is 31.1 Å². The van der Waals surface area contributed by atoms with Crippen molar-refractivity contribution in [2.75, 3.05) is 0 Å². The van der Waals surface area contributed by atoms with Crippen molar-refractivity contribution in [3.05, 3.63) is 0 Å². The summed E-state index contributed by atoms with van der Waals surface area (Å²) in [4.78, 5) is 10.0. The maximum atomic E-state index is 12.1. The van der Waals surface area contributed by atoms with Crippen molar-refractivity contribution < 1.29 is 41.0 Å². The number of hydrogen-bond donors (Lipinski definition) is 1. The highest BCUT2D eigenvalue weighted by atomic mass is 19.4. The zero-order chi connectivity index (χ0) is 13.1. The molecule has 0 amide bonds. The Morgan fingerprint density at radius 3 is 1.88 bits per heavy atom. The molecular weight excluding hydrogens is 246 g/mol. The van der Waals surface area contributed by atoms with Gasteiger partial charge in [-0.3, -0.25) is 4.79 Å². The van der Waals surface area contributed by atoms with Gasteiger partial charge in [0.15, 0.2) is 12.2 Å². The van der Waals surface area contributed by atoms with Crippen LogP contribution in [0.25, 0.3) is 0 Å². The largest absolute Gasteiger partial charge is 0.481 e. The Hall–Kier alpha value is -0.990. The van der Waals surface area contributed by atoms with E-state index in [2.05, 4.69) is 4.74 Å². The van der Waals surface area contributed by atoms with Crippen LogP contribution in [0.3, 0.4) is 0 Å². The van der Waals surface area contributed by atoms with E-state index in [4.69, 9.17) is 5.11 Å². The zero-order valence-corrected chi connectivity index (χ0v) is 7.89. The van der Waals surface area contributed by atoms with Crippen molar-refractivity contribution in [1.29, 1.82) is 0 Å². The van der Waals surface area contributed by atoms with Gasteiger partial charge in [0.2, 0.25) is 0 Å². The van der Waals surface area contributed by atoms with Gasteiger partial charge in [0, 0.05) is 0 Å². The normalized spacial score (nSPS) is 16.9. The topological polar surface area (TPSA) is 46.5 Å². The Morgan fingerprint density at radius 2 is 1.62 bits per heavy atom. The van der Waals surface area contributed by atoms with E-state index in [-0.39, 0.29) is 0 Å². The van der Waals surface area contributed by atoms with Crippen LogP contribution < -0.4 is 0 Å². The van der Waals surface area contributed by atoms with Crippen LogP contribution in [0.15, 0.2) is 0 Å². The third kappa shape index (κ3) is 5.19. The average Bonchev–Trinajstić information content (AvgIpc) is 1.98. The van der Waals surface area contributed by atoms with Gasteiger partial charge in [0.05, 0.1) is 6.42 Å².